The average molecular weight is 432 g/mol. The molecule has 1 N–H and O–H groups in total. The van der Waals surface area contributed by atoms with Crippen molar-refractivity contribution in [3.63, 3.8) is 0 Å². The predicted octanol–water partition coefficient (Wildman–Crippen LogP) is 5.12. The van der Waals surface area contributed by atoms with Crippen molar-refractivity contribution >= 4 is 17.1 Å². The quantitative estimate of drug-likeness (QED) is 0.450. The van der Waals surface area contributed by atoms with Gasteiger partial charge in [-0.3, -0.25) is 4.79 Å². The Morgan fingerprint density at radius 2 is 1.97 bits per heavy atom. The molecule has 1 fully saturated rings. The molecule has 3 atom stereocenters. The molecule has 3 aromatic rings. The lowest BCUT2D eigenvalue weighted by Crippen LogP contribution is -2.51. The molecule has 2 heterocycles. The summed E-state index contributed by atoms with van der Waals surface area (Å²) in [5.74, 6) is 0.690. The molecule has 158 valence electrons. The van der Waals surface area contributed by atoms with Gasteiger partial charge in [0.15, 0.2) is 5.78 Å². The number of allylic oxidation sites excluding steroid dienone is 1. The summed E-state index contributed by atoms with van der Waals surface area (Å²) in [4.78, 5) is 28.3. The normalized spacial score (nSPS) is 26.5. The second-order valence-electron chi connectivity index (χ2n) is 8.66. The van der Waals surface area contributed by atoms with Crippen LogP contribution in [0.25, 0.3) is 10.6 Å². The van der Waals surface area contributed by atoms with E-state index in [2.05, 4.69) is 17.1 Å². The number of thiazole rings is 1. The summed E-state index contributed by atoms with van der Waals surface area (Å²) >= 11 is 1.65. The van der Waals surface area contributed by atoms with Crippen LogP contribution in [0.3, 0.4) is 0 Å². The molecule has 2 aliphatic rings. The first kappa shape index (κ1) is 20.1. The molecule has 0 spiro atoms. The largest absolute Gasteiger partial charge is 0.515 e. The fourth-order valence-corrected chi connectivity index (χ4v) is 6.44. The van der Waals surface area contributed by atoms with E-state index in [1.54, 1.807) is 11.3 Å². The Labute approximate surface area is 185 Å². The van der Waals surface area contributed by atoms with E-state index < -0.39 is 5.41 Å². The van der Waals surface area contributed by atoms with E-state index in [9.17, 15) is 9.90 Å². The van der Waals surface area contributed by atoms with Gasteiger partial charge < -0.3 is 5.11 Å². The molecule has 0 amide bonds. The number of nitrogens with zero attached hydrogens (tertiary/aromatic N) is 3. The van der Waals surface area contributed by atoms with E-state index in [1.165, 1.54) is 0 Å². The molecule has 2 aliphatic carbocycles. The highest BCUT2D eigenvalue weighted by Crippen LogP contribution is 2.56. The standard InChI is InChI=1S/C25H25N3O2S/c1-14-20-10-9-19-22(21-12-26-16(3)31-21)27-15(2)28-24(19)25(20,11-17(13-29)23(14)30)18-7-5-4-6-8-18/h4-8,12-14,20,29H,9-11H2,1-3H3/b17-13-/t14-,20-,25+/m0/s1. The van der Waals surface area contributed by atoms with Crippen molar-refractivity contribution in [3.05, 3.63) is 76.0 Å². The Morgan fingerprint density at radius 3 is 2.65 bits per heavy atom. The van der Waals surface area contributed by atoms with E-state index in [0.717, 1.165) is 57.3 Å². The van der Waals surface area contributed by atoms with Crippen LogP contribution < -0.4 is 0 Å². The van der Waals surface area contributed by atoms with Crippen molar-refractivity contribution in [1.82, 2.24) is 15.0 Å². The maximum Gasteiger partial charge on any atom is 0.165 e. The van der Waals surface area contributed by atoms with E-state index in [4.69, 9.17) is 9.97 Å². The number of aliphatic hydroxyl groups is 1. The molecule has 5 nitrogen and oxygen atoms in total. The van der Waals surface area contributed by atoms with Crippen LogP contribution >= 0.6 is 11.3 Å². The second-order valence-corrected chi connectivity index (χ2v) is 9.89. The molecule has 0 aliphatic heterocycles. The number of carbonyl (C=O) groups is 1. The molecule has 1 aromatic carbocycles. The van der Waals surface area contributed by atoms with Gasteiger partial charge in [0.05, 0.1) is 27.5 Å². The smallest absolute Gasteiger partial charge is 0.165 e. The number of carbonyl (C=O) groups excluding carboxylic acids is 1. The number of fused-ring (bicyclic) bond motifs is 3. The van der Waals surface area contributed by atoms with Crippen molar-refractivity contribution in [1.29, 1.82) is 0 Å². The zero-order chi connectivity index (χ0) is 21.8. The van der Waals surface area contributed by atoms with Gasteiger partial charge in [0.2, 0.25) is 0 Å². The lowest BCUT2D eigenvalue weighted by Gasteiger charge is -2.51. The van der Waals surface area contributed by atoms with Crippen molar-refractivity contribution in [2.24, 2.45) is 11.8 Å². The maximum absolute atomic E-state index is 13.0. The Hall–Kier alpha value is -2.86. The second kappa shape index (κ2) is 7.38. The van der Waals surface area contributed by atoms with Gasteiger partial charge in [-0.15, -0.1) is 11.3 Å². The first-order valence-corrected chi connectivity index (χ1v) is 11.5. The molecule has 1 saturated carbocycles. The van der Waals surface area contributed by atoms with E-state index in [1.807, 2.05) is 45.2 Å². The van der Waals surface area contributed by atoms with Gasteiger partial charge in [0.1, 0.15) is 5.82 Å². The lowest BCUT2D eigenvalue weighted by molar-refractivity contribution is -0.123. The molecule has 0 radical (unpaired) electrons. The number of benzene rings is 1. The first-order chi connectivity index (χ1) is 15.0. The summed E-state index contributed by atoms with van der Waals surface area (Å²) in [5, 5.41) is 11.0. The molecule has 31 heavy (non-hydrogen) atoms. The molecular formula is C25H25N3O2S. The van der Waals surface area contributed by atoms with Crippen LogP contribution in [0, 0.1) is 25.7 Å². The minimum Gasteiger partial charge on any atom is -0.515 e. The third-order valence-electron chi connectivity index (χ3n) is 6.98. The van der Waals surface area contributed by atoms with Gasteiger partial charge >= 0.3 is 0 Å². The predicted molar refractivity (Wildman–Crippen MR) is 121 cm³/mol. The van der Waals surface area contributed by atoms with E-state index in [-0.39, 0.29) is 17.6 Å². The zero-order valence-corrected chi connectivity index (χ0v) is 18.7. The van der Waals surface area contributed by atoms with Gasteiger partial charge in [-0.25, -0.2) is 15.0 Å². The van der Waals surface area contributed by atoms with Gasteiger partial charge in [0.25, 0.3) is 0 Å². The summed E-state index contributed by atoms with van der Waals surface area (Å²) in [6, 6.07) is 10.4. The van der Waals surface area contributed by atoms with Crippen molar-refractivity contribution in [2.45, 2.75) is 45.4 Å². The number of aliphatic hydroxyl groups excluding tert-OH is 1. The van der Waals surface area contributed by atoms with Crippen LogP contribution in [0.1, 0.15) is 47.4 Å². The van der Waals surface area contributed by atoms with Gasteiger partial charge in [-0.2, -0.15) is 0 Å². The summed E-state index contributed by atoms with van der Waals surface area (Å²) in [7, 11) is 0. The molecule has 0 unspecified atom stereocenters. The Kier molecular flexibility index (Phi) is 4.77. The third-order valence-corrected chi connectivity index (χ3v) is 7.90. The molecule has 0 bridgehead atoms. The van der Waals surface area contributed by atoms with E-state index >= 15 is 0 Å². The summed E-state index contributed by atoms with van der Waals surface area (Å²) < 4.78 is 0. The number of aryl methyl sites for hydroxylation is 2. The lowest BCUT2D eigenvalue weighted by atomic mass is 9.52. The minimum atomic E-state index is -0.473. The molecule has 6 heteroatoms. The fraction of sp³-hybridized carbons (Fsp3) is 0.360. The number of aromatic nitrogens is 3. The van der Waals surface area contributed by atoms with Crippen LogP contribution in [0.4, 0.5) is 0 Å². The molecule has 5 rings (SSSR count). The van der Waals surface area contributed by atoms with Crippen LogP contribution in [-0.4, -0.2) is 25.8 Å². The van der Waals surface area contributed by atoms with Gasteiger partial charge in [0, 0.05) is 28.7 Å². The van der Waals surface area contributed by atoms with Crippen molar-refractivity contribution in [2.75, 3.05) is 0 Å². The SMILES string of the molecule is Cc1nc(-c2cnc(C)s2)c2c(n1)[C@@]1(c3ccccc3)C/C(=C/O)C(=O)[C@@H](C)[C@@H]1CC2. The van der Waals surface area contributed by atoms with Gasteiger partial charge in [-0.05, 0) is 44.6 Å². The van der Waals surface area contributed by atoms with Crippen LogP contribution in [0.5, 0.6) is 0 Å². The van der Waals surface area contributed by atoms with Crippen LogP contribution in [-0.2, 0) is 16.6 Å². The Morgan fingerprint density at radius 1 is 1.19 bits per heavy atom. The number of ketones is 1. The van der Waals surface area contributed by atoms with Crippen LogP contribution in [0.2, 0.25) is 0 Å². The Bertz CT molecular complexity index is 1200. The number of hydrogen-bond acceptors (Lipinski definition) is 6. The molecule has 2 aromatic heterocycles. The third kappa shape index (κ3) is 2.96. The maximum atomic E-state index is 13.0. The first-order valence-electron chi connectivity index (χ1n) is 10.7. The topological polar surface area (TPSA) is 76.0 Å². The average Bonchev–Trinajstić information content (AvgIpc) is 3.22. The highest BCUT2D eigenvalue weighted by Gasteiger charge is 2.55. The monoisotopic (exact) mass is 431 g/mol. The summed E-state index contributed by atoms with van der Waals surface area (Å²) in [6.45, 7) is 5.93. The number of rotatable bonds is 2. The summed E-state index contributed by atoms with van der Waals surface area (Å²) in [6.07, 6.45) is 5.07. The van der Waals surface area contributed by atoms with Crippen molar-refractivity contribution in [3.8, 4) is 10.6 Å². The number of hydrogen-bond donors (Lipinski definition) is 1. The highest BCUT2D eigenvalue weighted by atomic mass is 32.1. The van der Waals surface area contributed by atoms with E-state index in [0.29, 0.717) is 12.0 Å². The minimum absolute atomic E-state index is 0.0478. The Balaban J connectivity index is 1.83. The van der Waals surface area contributed by atoms with Crippen molar-refractivity contribution < 1.29 is 9.90 Å². The van der Waals surface area contributed by atoms with Crippen LogP contribution in [0.15, 0.2) is 48.4 Å². The molecule has 0 saturated heterocycles. The molecular weight excluding hydrogens is 406 g/mol. The summed E-state index contributed by atoms with van der Waals surface area (Å²) in [5.41, 5.74) is 4.26. The fourth-order valence-electron chi connectivity index (χ4n) is 5.65. The zero-order valence-electron chi connectivity index (χ0n) is 17.9. The number of Topliss-reactive ketones (excluding diaryl/α,β-unsaturated/α-hetero) is 1. The van der Waals surface area contributed by atoms with Gasteiger partial charge in [-0.1, -0.05) is 37.3 Å². The highest BCUT2D eigenvalue weighted by molar-refractivity contribution is 7.15.